The number of methoxy groups -OCH3 is 1. The van der Waals surface area contributed by atoms with E-state index in [2.05, 4.69) is 0 Å². The highest BCUT2D eigenvalue weighted by Gasteiger charge is 2.15. The Balaban J connectivity index is 2.15. The lowest BCUT2D eigenvalue weighted by Crippen LogP contribution is -1.99. The molecule has 0 atom stereocenters. The molecule has 0 amide bonds. The summed E-state index contributed by atoms with van der Waals surface area (Å²) in [6, 6.07) is 12.6. The molecule has 22 heavy (non-hydrogen) atoms. The van der Waals surface area contributed by atoms with Crippen molar-refractivity contribution in [2.45, 2.75) is 6.42 Å². The van der Waals surface area contributed by atoms with Gasteiger partial charge in [0.15, 0.2) is 0 Å². The molecule has 0 spiro atoms. The van der Waals surface area contributed by atoms with Crippen LogP contribution in [0.15, 0.2) is 46.9 Å². The summed E-state index contributed by atoms with van der Waals surface area (Å²) in [5, 5.41) is 10.4. The summed E-state index contributed by atoms with van der Waals surface area (Å²) in [6.45, 7) is 0. The van der Waals surface area contributed by atoms with Gasteiger partial charge >= 0.3 is 5.97 Å². The van der Waals surface area contributed by atoms with Crippen LogP contribution in [0.5, 0.6) is 5.75 Å². The first-order valence-electron chi connectivity index (χ1n) is 6.65. The van der Waals surface area contributed by atoms with Crippen molar-refractivity contribution in [3.05, 3.63) is 53.1 Å². The highest BCUT2D eigenvalue weighted by molar-refractivity contribution is 6.30. The monoisotopic (exact) mass is 316 g/mol. The summed E-state index contributed by atoms with van der Waals surface area (Å²) in [5.41, 5.74) is 1.99. The van der Waals surface area contributed by atoms with E-state index in [0.29, 0.717) is 27.7 Å². The van der Waals surface area contributed by atoms with Crippen molar-refractivity contribution in [1.29, 1.82) is 0 Å². The SMILES string of the molecule is COc1cc(Cl)ccc1-c1cc2cccc(CC(=O)O)c2o1. The van der Waals surface area contributed by atoms with Crippen LogP contribution in [0.2, 0.25) is 5.02 Å². The summed E-state index contributed by atoms with van der Waals surface area (Å²) in [6.07, 6.45) is -0.0813. The van der Waals surface area contributed by atoms with Crippen molar-refractivity contribution in [2.24, 2.45) is 0 Å². The molecule has 0 aliphatic carbocycles. The van der Waals surface area contributed by atoms with Crippen LogP contribution in [0.3, 0.4) is 0 Å². The van der Waals surface area contributed by atoms with Gasteiger partial charge in [-0.2, -0.15) is 0 Å². The summed E-state index contributed by atoms with van der Waals surface area (Å²) >= 11 is 5.97. The number of aliphatic carboxylic acids is 1. The molecule has 0 aliphatic rings. The number of fused-ring (bicyclic) bond motifs is 1. The van der Waals surface area contributed by atoms with Gasteiger partial charge in [0.05, 0.1) is 19.1 Å². The summed E-state index contributed by atoms with van der Waals surface area (Å²) in [5.74, 6) is 0.321. The smallest absolute Gasteiger partial charge is 0.307 e. The van der Waals surface area contributed by atoms with E-state index >= 15 is 0 Å². The maximum Gasteiger partial charge on any atom is 0.307 e. The van der Waals surface area contributed by atoms with Gasteiger partial charge < -0.3 is 14.3 Å². The number of furan rings is 1. The summed E-state index contributed by atoms with van der Waals surface area (Å²) in [7, 11) is 1.56. The van der Waals surface area contributed by atoms with E-state index in [4.69, 9.17) is 25.9 Å². The van der Waals surface area contributed by atoms with Crippen LogP contribution in [0.25, 0.3) is 22.3 Å². The van der Waals surface area contributed by atoms with Crippen LogP contribution in [-0.2, 0) is 11.2 Å². The molecule has 0 saturated heterocycles. The second-order valence-corrected chi connectivity index (χ2v) is 5.30. The Morgan fingerprint density at radius 2 is 2.09 bits per heavy atom. The third-order valence-electron chi connectivity index (χ3n) is 3.40. The van der Waals surface area contributed by atoms with Crippen molar-refractivity contribution < 1.29 is 19.1 Å². The van der Waals surface area contributed by atoms with Gasteiger partial charge in [0.1, 0.15) is 17.1 Å². The van der Waals surface area contributed by atoms with Crippen LogP contribution in [0.4, 0.5) is 0 Å². The number of carbonyl (C=O) groups is 1. The van der Waals surface area contributed by atoms with E-state index in [1.165, 1.54) is 0 Å². The van der Waals surface area contributed by atoms with Gasteiger partial charge in [-0.25, -0.2) is 0 Å². The molecular weight excluding hydrogens is 304 g/mol. The Hall–Kier alpha value is -2.46. The molecule has 2 aromatic carbocycles. The molecule has 0 fully saturated rings. The second kappa shape index (κ2) is 5.73. The molecule has 5 heteroatoms. The largest absolute Gasteiger partial charge is 0.496 e. The number of hydrogen-bond acceptors (Lipinski definition) is 3. The zero-order chi connectivity index (χ0) is 15.7. The Morgan fingerprint density at radius 1 is 1.27 bits per heavy atom. The summed E-state index contributed by atoms with van der Waals surface area (Å²) in [4.78, 5) is 11.0. The number of para-hydroxylation sites is 1. The van der Waals surface area contributed by atoms with Gasteiger partial charge in [0.2, 0.25) is 0 Å². The molecule has 1 aromatic heterocycles. The maximum atomic E-state index is 11.0. The predicted octanol–water partition coefficient (Wildman–Crippen LogP) is 4.39. The third kappa shape index (κ3) is 2.65. The first-order chi connectivity index (χ1) is 10.6. The maximum absolute atomic E-state index is 11.0. The Bertz CT molecular complexity index is 851. The molecule has 0 saturated carbocycles. The van der Waals surface area contributed by atoms with E-state index in [1.54, 1.807) is 25.3 Å². The Labute approximate surface area is 131 Å². The number of rotatable bonds is 4. The van der Waals surface area contributed by atoms with Crippen molar-refractivity contribution >= 4 is 28.5 Å². The Morgan fingerprint density at radius 3 is 2.82 bits per heavy atom. The van der Waals surface area contributed by atoms with Gasteiger partial charge in [-0.15, -0.1) is 0 Å². The van der Waals surface area contributed by atoms with E-state index in [-0.39, 0.29) is 6.42 Å². The fourth-order valence-corrected chi connectivity index (χ4v) is 2.59. The van der Waals surface area contributed by atoms with Gasteiger partial charge in [-0.1, -0.05) is 29.8 Å². The highest BCUT2D eigenvalue weighted by atomic mass is 35.5. The normalized spacial score (nSPS) is 10.8. The standard InChI is InChI=1S/C17H13ClO4/c1-21-14-9-12(18)5-6-13(14)15-7-10-3-2-4-11(8-16(19)20)17(10)22-15/h2-7,9H,8H2,1H3,(H,19,20). The zero-order valence-electron chi connectivity index (χ0n) is 11.8. The lowest BCUT2D eigenvalue weighted by molar-refractivity contribution is -0.136. The van der Waals surface area contributed by atoms with Crippen LogP contribution in [0.1, 0.15) is 5.56 Å². The average molecular weight is 317 g/mol. The van der Waals surface area contributed by atoms with E-state index < -0.39 is 5.97 Å². The molecule has 3 aromatic rings. The van der Waals surface area contributed by atoms with E-state index in [9.17, 15) is 4.79 Å². The van der Waals surface area contributed by atoms with Gasteiger partial charge in [-0.3, -0.25) is 4.79 Å². The quantitative estimate of drug-likeness (QED) is 0.775. The number of benzene rings is 2. The number of hydrogen-bond donors (Lipinski definition) is 1. The average Bonchev–Trinajstić information content (AvgIpc) is 2.91. The molecule has 0 aliphatic heterocycles. The van der Waals surface area contributed by atoms with Gasteiger partial charge in [0.25, 0.3) is 0 Å². The van der Waals surface area contributed by atoms with Crippen molar-refractivity contribution in [2.75, 3.05) is 7.11 Å². The fraction of sp³-hybridized carbons (Fsp3) is 0.118. The number of ether oxygens (including phenoxy) is 1. The molecule has 4 nitrogen and oxygen atoms in total. The topological polar surface area (TPSA) is 59.7 Å². The van der Waals surface area contributed by atoms with Gasteiger partial charge in [0, 0.05) is 16.0 Å². The molecule has 1 N–H and O–H groups in total. The van der Waals surface area contributed by atoms with E-state index in [1.807, 2.05) is 24.3 Å². The minimum absolute atomic E-state index is 0.0813. The molecular formula is C17H13ClO4. The fourth-order valence-electron chi connectivity index (χ4n) is 2.43. The number of carboxylic acids is 1. The first-order valence-corrected chi connectivity index (χ1v) is 7.03. The molecule has 3 rings (SSSR count). The van der Waals surface area contributed by atoms with E-state index in [0.717, 1.165) is 10.9 Å². The van der Waals surface area contributed by atoms with Gasteiger partial charge in [-0.05, 0) is 24.3 Å². The van der Waals surface area contributed by atoms with Crippen LogP contribution in [0, 0.1) is 0 Å². The van der Waals surface area contributed by atoms with Crippen LogP contribution in [-0.4, -0.2) is 18.2 Å². The van der Waals surface area contributed by atoms with Crippen molar-refractivity contribution in [3.63, 3.8) is 0 Å². The minimum Gasteiger partial charge on any atom is -0.496 e. The van der Waals surface area contributed by atoms with Crippen molar-refractivity contribution in [3.8, 4) is 17.1 Å². The predicted molar refractivity (Wildman–Crippen MR) is 84.6 cm³/mol. The second-order valence-electron chi connectivity index (χ2n) is 4.86. The molecule has 0 radical (unpaired) electrons. The first kappa shape index (κ1) is 14.5. The number of carboxylic acid groups (broad SMARTS) is 1. The third-order valence-corrected chi connectivity index (χ3v) is 3.63. The molecule has 0 unspecified atom stereocenters. The highest BCUT2D eigenvalue weighted by Crippen LogP contribution is 2.36. The molecule has 0 bridgehead atoms. The van der Waals surface area contributed by atoms with Crippen LogP contribution < -0.4 is 4.74 Å². The van der Waals surface area contributed by atoms with Crippen LogP contribution >= 0.6 is 11.6 Å². The number of halogens is 1. The minimum atomic E-state index is -0.894. The molecule has 112 valence electrons. The zero-order valence-corrected chi connectivity index (χ0v) is 12.6. The summed E-state index contributed by atoms with van der Waals surface area (Å²) < 4.78 is 11.2. The lowest BCUT2D eigenvalue weighted by atomic mass is 10.1. The Kier molecular flexibility index (Phi) is 3.77. The van der Waals surface area contributed by atoms with Crippen molar-refractivity contribution in [1.82, 2.24) is 0 Å². The molecule has 1 heterocycles. The lowest BCUT2D eigenvalue weighted by Gasteiger charge is -2.06.